The van der Waals surface area contributed by atoms with Gasteiger partial charge in [-0.2, -0.15) is 4.98 Å². The van der Waals surface area contributed by atoms with Crippen LogP contribution in [0.25, 0.3) is 0 Å². The zero-order chi connectivity index (χ0) is 16.7. The first-order chi connectivity index (χ1) is 11.6. The Morgan fingerprint density at radius 3 is 2.92 bits per heavy atom. The first-order valence-electron chi connectivity index (χ1n) is 8.48. The monoisotopic (exact) mass is 326 g/mol. The number of hydrogen-bond acceptors (Lipinski definition) is 5. The highest BCUT2D eigenvalue weighted by Gasteiger charge is 2.47. The standard InChI is InChI=1S/C18H22N4O2/c1-22(2)18(10-9-12-5-3-4-6-14(12)18)17(23)19-11-15-20-16(21-24-15)13-7-8-13/h3-6,13H,7-11H2,1-2H3,(H,19,23)/t18-/m1/s1. The van der Waals surface area contributed by atoms with Gasteiger partial charge in [-0.3, -0.25) is 9.69 Å². The van der Waals surface area contributed by atoms with Crippen LogP contribution in [0.1, 0.15) is 48.0 Å². The SMILES string of the molecule is CN(C)[C@]1(C(=O)NCc2nc(C3CC3)no2)CCc2ccccc21. The number of aromatic nitrogens is 2. The minimum Gasteiger partial charge on any atom is -0.345 e. The van der Waals surface area contributed by atoms with Gasteiger partial charge in [-0.1, -0.05) is 29.4 Å². The summed E-state index contributed by atoms with van der Waals surface area (Å²) in [6, 6.07) is 8.18. The number of fused-ring (bicyclic) bond motifs is 1. The molecule has 4 rings (SSSR count). The van der Waals surface area contributed by atoms with E-state index in [1.54, 1.807) is 0 Å². The van der Waals surface area contributed by atoms with Crippen molar-refractivity contribution in [2.45, 2.75) is 43.7 Å². The molecule has 1 heterocycles. The number of benzene rings is 1. The smallest absolute Gasteiger partial charge is 0.246 e. The molecule has 1 saturated carbocycles. The molecule has 2 aliphatic carbocycles. The Kier molecular flexibility index (Phi) is 3.64. The third-order valence-electron chi connectivity index (χ3n) is 5.18. The second-order valence-electron chi connectivity index (χ2n) is 6.92. The quantitative estimate of drug-likeness (QED) is 0.909. The van der Waals surface area contributed by atoms with Crippen LogP contribution in [0.3, 0.4) is 0 Å². The van der Waals surface area contributed by atoms with Crippen molar-refractivity contribution in [3.63, 3.8) is 0 Å². The van der Waals surface area contributed by atoms with Crippen LogP contribution in [0.2, 0.25) is 0 Å². The minimum absolute atomic E-state index is 0.0105. The van der Waals surface area contributed by atoms with E-state index in [4.69, 9.17) is 4.52 Å². The number of nitrogens with zero attached hydrogens (tertiary/aromatic N) is 3. The molecule has 0 bridgehead atoms. The Labute approximate surface area is 141 Å². The fraction of sp³-hybridized carbons (Fsp3) is 0.500. The van der Waals surface area contributed by atoms with Gasteiger partial charge >= 0.3 is 0 Å². The van der Waals surface area contributed by atoms with Crippen LogP contribution in [0.15, 0.2) is 28.8 Å². The van der Waals surface area contributed by atoms with Crippen LogP contribution in [0.5, 0.6) is 0 Å². The Morgan fingerprint density at radius 2 is 2.17 bits per heavy atom. The van der Waals surface area contributed by atoms with Gasteiger partial charge in [-0.25, -0.2) is 0 Å². The van der Waals surface area contributed by atoms with E-state index in [2.05, 4.69) is 27.6 Å². The fourth-order valence-corrected chi connectivity index (χ4v) is 3.64. The largest absolute Gasteiger partial charge is 0.345 e. The zero-order valence-corrected chi connectivity index (χ0v) is 14.1. The average Bonchev–Trinajstić information content (AvgIpc) is 3.19. The Morgan fingerprint density at radius 1 is 1.38 bits per heavy atom. The molecular formula is C18H22N4O2. The van der Waals surface area contributed by atoms with E-state index < -0.39 is 5.54 Å². The summed E-state index contributed by atoms with van der Waals surface area (Å²) in [5.41, 5.74) is 1.71. The number of likely N-dealkylation sites (N-methyl/N-ethyl adjacent to an activating group) is 1. The fourth-order valence-electron chi connectivity index (χ4n) is 3.64. The lowest BCUT2D eigenvalue weighted by molar-refractivity contribution is -0.133. The van der Waals surface area contributed by atoms with Gasteiger partial charge in [0, 0.05) is 5.92 Å². The van der Waals surface area contributed by atoms with Crippen molar-refractivity contribution in [3.05, 3.63) is 47.1 Å². The Bertz CT molecular complexity index is 766. The Balaban J connectivity index is 1.52. The summed E-state index contributed by atoms with van der Waals surface area (Å²) in [5.74, 6) is 1.69. The Hall–Kier alpha value is -2.21. The van der Waals surface area contributed by atoms with Crippen LogP contribution >= 0.6 is 0 Å². The molecule has 2 aliphatic rings. The number of amides is 1. The maximum atomic E-state index is 13.1. The molecule has 1 fully saturated rings. The van der Waals surface area contributed by atoms with Crippen molar-refractivity contribution in [3.8, 4) is 0 Å². The van der Waals surface area contributed by atoms with Gasteiger partial charge in [0.05, 0.1) is 6.54 Å². The molecule has 0 spiro atoms. The first kappa shape index (κ1) is 15.3. The average molecular weight is 326 g/mol. The van der Waals surface area contributed by atoms with E-state index in [-0.39, 0.29) is 12.5 Å². The van der Waals surface area contributed by atoms with Crippen molar-refractivity contribution in [1.29, 1.82) is 0 Å². The summed E-state index contributed by atoms with van der Waals surface area (Å²) in [4.78, 5) is 19.4. The van der Waals surface area contributed by atoms with E-state index in [1.165, 1.54) is 5.56 Å². The summed E-state index contributed by atoms with van der Waals surface area (Å²) in [6.07, 6.45) is 3.95. The maximum absolute atomic E-state index is 13.1. The predicted molar refractivity (Wildman–Crippen MR) is 88.2 cm³/mol. The number of carbonyl (C=O) groups excluding carboxylic acids is 1. The number of hydrogen-bond donors (Lipinski definition) is 1. The highest BCUT2D eigenvalue weighted by atomic mass is 16.5. The van der Waals surface area contributed by atoms with Crippen LogP contribution in [0.4, 0.5) is 0 Å². The predicted octanol–water partition coefficient (Wildman–Crippen LogP) is 1.97. The van der Waals surface area contributed by atoms with Crippen LogP contribution in [0, 0.1) is 0 Å². The summed E-state index contributed by atoms with van der Waals surface area (Å²) in [7, 11) is 3.92. The van der Waals surface area contributed by atoms with E-state index in [1.807, 2.05) is 31.1 Å². The molecule has 0 aliphatic heterocycles. The van der Waals surface area contributed by atoms with Gasteiger partial charge < -0.3 is 9.84 Å². The summed E-state index contributed by atoms with van der Waals surface area (Å²) < 4.78 is 5.25. The lowest BCUT2D eigenvalue weighted by Gasteiger charge is -2.35. The normalized spacial score (nSPS) is 22.6. The summed E-state index contributed by atoms with van der Waals surface area (Å²) >= 11 is 0. The highest BCUT2D eigenvalue weighted by molar-refractivity contribution is 5.89. The van der Waals surface area contributed by atoms with Crippen molar-refractivity contribution >= 4 is 5.91 Å². The molecule has 1 aromatic heterocycles. The van der Waals surface area contributed by atoms with Gasteiger partial charge in [-0.05, 0) is 50.9 Å². The van der Waals surface area contributed by atoms with Crippen molar-refractivity contribution in [2.24, 2.45) is 0 Å². The van der Waals surface area contributed by atoms with E-state index in [0.717, 1.165) is 37.1 Å². The van der Waals surface area contributed by atoms with Gasteiger partial charge in [0.25, 0.3) is 0 Å². The second kappa shape index (κ2) is 5.70. The number of nitrogens with one attached hydrogen (secondary N) is 1. The number of rotatable bonds is 5. The third-order valence-corrected chi connectivity index (χ3v) is 5.18. The highest BCUT2D eigenvalue weighted by Crippen LogP contribution is 2.41. The number of carbonyl (C=O) groups is 1. The molecule has 2 aromatic rings. The molecular weight excluding hydrogens is 304 g/mol. The molecule has 0 radical (unpaired) electrons. The summed E-state index contributed by atoms with van der Waals surface area (Å²) in [6.45, 7) is 0.274. The molecule has 1 N–H and O–H groups in total. The molecule has 126 valence electrons. The van der Waals surface area contributed by atoms with E-state index in [0.29, 0.717) is 11.8 Å². The molecule has 1 amide bonds. The molecule has 24 heavy (non-hydrogen) atoms. The molecule has 0 saturated heterocycles. The second-order valence-corrected chi connectivity index (χ2v) is 6.92. The van der Waals surface area contributed by atoms with Gasteiger partial charge in [0.2, 0.25) is 11.8 Å². The van der Waals surface area contributed by atoms with Crippen LogP contribution in [-0.2, 0) is 23.3 Å². The molecule has 6 nitrogen and oxygen atoms in total. The van der Waals surface area contributed by atoms with E-state index in [9.17, 15) is 4.79 Å². The van der Waals surface area contributed by atoms with Crippen molar-refractivity contribution in [1.82, 2.24) is 20.4 Å². The molecule has 0 unspecified atom stereocenters. The maximum Gasteiger partial charge on any atom is 0.246 e. The summed E-state index contributed by atoms with van der Waals surface area (Å²) in [5, 5.41) is 6.99. The molecule has 1 atom stereocenters. The number of aryl methyl sites for hydroxylation is 1. The van der Waals surface area contributed by atoms with Crippen molar-refractivity contribution < 1.29 is 9.32 Å². The van der Waals surface area contributed by atoms with Crippen LogP contribution < -0.4 is 5.32 Å². The topological polar surface area (TPSA) is 71.3 Å². The lowest BCUT2D eigenvalue weighted by atomic mass is 9.89. The zero-order valence-electron chi connectivity index (χ0n) is 14.1. The lowest BCUT2D eigenvalue weighted by Crippen LogP contribution is -2.52. The minimum atomic E-state index is -0.629. The van der Waals surface area contributed by atoms with Gasteiger partial charge in [-0.15, -0.1) is 0 Å². The van der Waals surface area contributed by atoms with Gasteiger partial charge in [0.15, 0.2) is 5.82 Å². The van der Waals surface area contributed by atoms with Crippen molar-refractivity contribution in [2.75, 3.05) is 14.1 Å². The van der Waals surface area contributed by atoms with E-state index >= 15 is 0 Å². The molecule has 6 heteroatoms. The van der Waals surface area contributed by atoms with Crippen LogP contribution in [-0.4, -0.2) is 35.0 Å². The molecule has 1 aromatic carbocycles. The van der Waals surface area contributed by atoms with Gasteiger partial charge in [0.1, 0.15) is 5.54 Å². The first-order valence-corrected chi connectivity index (χ1v) is 8.48. The third kappa shape index (κ3) is 2.41.